The summed E-state index contributed by atoms with van der Waals surface area (Å²) < 4.78 is 17.4. The molecule has 0 aromatic rings. The zero-order valence-corrected chi connectivity index (χ0v) is 8.69. The Morgan fingerprint density at radius 2 is 1.93 bits per heavy atom. The van der Waals surface area contributed by atoms with E-state index in [0.29, 0.717) is 39.4 Å². The van der Waals surface area contributed by atoms with Crippen molar-refractivity contribution in [2.45, 2.75) is 0 Å². The van der Waals surface area contributed by atoms with E-state index in [1.165, 1.54) is 4.90 Å². The van der Waals surface area contributed by atoms with Crippen LogP contribution in [0.4, 0.5) is 9.18 Å². The Balaban J connectivity index is 2.07. The van der Waals surface area contributed by atoms with Crippen molar-refractivity contribution >= 4 is 6.16 Å². The lowest BCUT2D eigenvalue weighted by molar-refractivity contribution is 0.0601. The highest BCUT2D eigenvalue weighted by molar-refractivity contribution is 5.66. The van der Waals surface area contributed by atoms with Gasteiger partial charge in [-0.25, -0.2) is 4.79 Å². The summed E-state index contributed by atoms with van der Waals surface area (Å²) in [6.07, 6.45) is -1.34. The van der Waals surface area contributed by atoms with Crippen LogP contribution < -0.4 is 0 Å². The third-order valence-electron chi connectivity index (χ3n) is 2.41. The zero-order valence-electron chi connectivity index (χ0n) is 8.69. The lowest BCUT2D eigenvalue weighted by atomic mass is 10.3. The molecule has 1 rings (SSSR count). The van der Waals surface area contributed by atoms with Gasteiger partial charge in [0.15, 0.2) is 0 Å². The van der Waals surface area contributed by atoms with Crippen molar-refractivity contribution in [2.24, 2.45) is 0 Å². The van der Waals surface area contributed by atoms with Gasteiger partial charge in [0.1, 0.15) is 0 Å². The number of hydrogen-bond acceptors (Lipinski definition) is 4. The molecule has 1 fully saturated rings. The number of amides is 1. The highest BCUT2D eigenvalue weighted by Crippen LogP contribution is 2.02. The topological polar surface area (TPSA) is 53.0 Å². The molecule has 1 amide bonds. The van der Waals surface area contributed by atoms with Gasteiger partial charge in [0.25, 0.3) is 0 Å². The number of aliphatic hydroxyl groups is 1. The molecule has 1 aliphatic rings. The maximum atomic E-state index is 12.3. The molecule has 1 heterocycles. The highest BCUT2D eigenvalue weighted by Gasteiger charge is 2.19. The Morgan fingerprint density at radius 3 is 2.47 bits per heavy atom. The van der Waals surface area contributed by atoms with E-state index in [9.17, 15) is 9.18 Å². The predicted octanol–water partition coefficient (Wildman–Crippen LogP) is -0.298. The van der Waals surface area contributed by atoms with Gasteiger partial charge in [0.05, 0.1) is 19.8 Å². The molecule has 1 aliphatic heterocycles. The summed E-state index contributed by atoms with van der Waals surface area (Å²) in [6.45, 7) is 3.94. The van der Waals surface area contributed by atoms with Gasteiger partial charge in [0.2, 0.25) is 0 Å². The molecule has 0 radical (unpaired) electrons. The fourth-order valence-corrected chi connectivity index (χ4v) is 1.51. The smallest absolute Gasteiger partial charge is 0.394 e. The average molecular weight is 220 g/mol. The number of carbonyl (C=O) groups excluding carboxylic acids is 1. The Morgan fingerprint density at radius 1 is 1.27 bits per heavy atom. The minimum atomic E-state index is -1.34. The number of hydrogen-bond donors (Lipinski definition) is 1. The maximum Gasteiger partial charge on any atom is 0.400 e. The minimum absolute atomic E-state index is 0.0319. The fraction of sp³-hybridized carbons (Fsp3) is 0.889. The maximum absolute atomic E-state index is 12.3. The molecule has 15 heavy (non-hydrogen) atoms. The zero-order chi connectivity index (χ0) is 11.1. The Labute approximate surface area is 88.4 Å². The van der Waals surface area contributed by atoms with Crippen LogP contribution in [-0.4, -0.2) is 73.6 Å². The number of halogens is 1. The van der Waals surface area contributed by atoms with Crippen molar-refractivity contribution in [3.63, 3.8) is 0 Å². The van der Waals surface area contributed by atoms with Crippen molar-refractivity contribution in [1.29, 1.82) is 0 Å². The predicted molar refractivity (Wildman–Crippen MR) is 52.4 cm³/mol. The average Bonchev–Trinajstić information content (AvgIpc) is 2.25. The number of piperazine rings is 1. The lowest BCUT2D eigenvalue weighted by Crippen LogP contribution is -2.48. The largest absolute Gasteiger partial charge is 0.400 e. The van der Waals surface area contributed by atoms with Crippen molar-refractivity contribution in [3.8, 4) is 0 Å². The Bertz CT molecular complexity index is 196. The van der Waals surface area contributed by atoms with Crippen LogP contribution in [-0.2, 0) is 4.74 Å². The van der Waals surface area contributed by atoms with Gasteiger partial charge in [-0.15, -0.1) is 4.39 Å². The van der Waals surface area contributed by atoms with Crippen LogP contribution in [0.3, 0.4) is 0 Å². The molecule has 0 aliphatic carbocycles. The van der Waals surface area contributed by atoms with Gasteiger partial charge in [-0.3, -0.25) is 4.90 Å². The molecule has 0 aromatic carbocycles. The molecule has 88 valence electrons. The molecular weight excluding hydrogens is 203 g/mol. The van der Waals surface area contributed by atoms with E-state index in [2.05, 4.69) is 4.90 Å². The molecule has 0 aromatic heterocycles. The SMILES string of the molecule is O=C(F)N1CCN(CCOCCO)CC1. The third kappa shape index (κ3) is 4.55. The van der Waals surface area contributed by atoms with E-state index >= 15 is 0 Å². The number of carbonyl (C=O) groups is 1. The fourth-order valence-electron chi connectivity index (χ4n) is 1.51. The monoisotopic (exact) mass is 220 g/mol. The van der Waals surface area contributed by atoms with Crippen LogP contribution in [0.5, 0.6) is 0 Å². The van der Waals surface area contributed by atoms with E-state index in [1.807, 2.05) is 0 Å². The summed E-state index contributed by atoms with van der Waals surface area (Å²) in [6, 6.07) is 0. The van der Waals surface area contributed by atoms with Crippen molar-refractivity contribution < 1.29 is 19.0 Å². The van der Waals surface area contributed by atoms with E-state index in [1.54, 1.807) is 0 Å². The minimum Gasteiger partial charge on any atom is -0.394 e. The summed E-state index contributed by atoms with van der Waals surface area (Å²) in [7, 11) is 0. The number of ether oxygens (including phenoxy) is 1. The summed E-state index contributed by atoms with van der Waals surface area (Å²) in [5, 5.41) is 8.47. The molecule has 6 heteroatoms. The first-order chi connectivity index (χ1) is 7.24. The summed E-state index contributed by atoms with van der Waals surface area (Å²) in [5.41, 5.74) is 0. The third-order valence-corrected chi connectivity index (χ3v) is 2.41. The summed E-state index contributed by atoms with van der Waals surface area (Å²) in [5.74, 6) is 0. The molecule has 0 bridgehead atoms. The molecule has 5 nitrogen and oxygen atoms in total. The van der Waals surface area contributed by atoms with Gasteiger partial charge in [-0.05, 0) is 0 Å². The van der Waals surface area contributed by atoms with E-state index in [-0.39, 0.29) is 6.61 Å². The van der Waals surface area contributed by atoms with Crippen LogP contribution in [0.1, 0.15) is 0 Å². The standard InChI is InChI=1S/C9H17FN2O3/c10-9(14)12-3-1-11(2-4-12)5-7-15-8-6-13/h13H,1-8H2. The quantitative estimate of drug-likeness (QED) is 0.393. The molecular formula is C9H17FN2O3. The van der Waals surface area contributed by atoms with Crippen molar-refractivity contribution in [1.82, 2.24) is 9.80 Å². The Kier molecular flexibility index (Phi) is 5.52. The number of nitrogens with zero attached hydrogens (tertiary/aromatic N) is 2. The Hall–Kier alpha value is -0.720. The normalized spacial score (nSPS) is 18.1. The molecule has 0 spiro atoms. The van der Waals surface area contributed by atoms with Gasteiger partial charge in [0, 0.05) is 32.7 Å². The van der Waals surface area contributed by atoms with Gasteiger partial charge < -0.3 is 14.7 Å². The van der Waals surface area contributed by atoms with Gasteiger partial charge in [-0.2, -0.15) is 0 Å². The highest BCUT2D eigenvalue weighted by atomic mass is 19.1. The molecule has 1 saturated heterocycles. The summed E-state index contributed by atoms with van der Waals surface area (Å²) in [4.78, 5) is 13.7. The van der Waals surface area contributed by atoms with Crippen molar-refractivity contribution in [2.75, 3.05) is 52.5 Å². The van der Waals surface area contributed by atoms with Crippen LogP contribution in [0.25, 0.3) is 0 Å². The molecule has 1 N–H and O–H groups in total. The molecule has 0 atom stereocenters. The second-order valence-corrected chi connectivity index (χ2v) is 3.42. The van der Waals surface area contributed by atoms with E-state index < -0.39 is 6.16 Å². The van der Waals surface area contributed by atoms with Crippen LogP contribution >= 0.6 is 0 Å². The molecule has 0 saturated carbocycles. The molecule has 0 unspecified atom stereocenters. The number of aliphatic hydroxyl groups excluding tert-OH is 1. The van der Waals surface area contributed by atoms with E-state index in [4.69, 9.17) is 9.84 Å². The van der Waals surface area contributed by atoms with Crippen LogP contribution in [0.15, 0.2) is 0 Å². The summed E-state index contributed by atoms with van der Waals surface area (Å²) >= 11 is 0. The van der Waals surface area contributed by atoms with Crippen molar-refractivity contribution in [3.05, 3.63) is 0 Å². The first-order valence-electron chi connectivity index (χ1n) is 5.09. The van der Waals surface area contributed by atoms with Crippen LogP contribution in [0.2, 0.25) is 0 Å². The second kappa shape index (κ2) is 6.71. The lowest BCUT2D eigenvalue weighted by Gasteiger charge is -2.32. The van der Waals surface area contributed by atoms with Gasteiger partial charge >= 0.3 is 6.16 Å². The number of rotatable bonds is 5. The first kappa shape index (κ1) is 12.4. The van der Waals surface area contributed by atoms with Gasteiger partial charge in [-0.1, -0.05) is 0 Å². The van der Waals surface area contributed by atoms with E-state index in [0.717, 1.165) is 6.54 Å². The van der Waals surface area contributed by atoms with Crippen LogP contribution in [0, 0.1) is 0 Å². The first-order valence-corrected chi connectivity index (χ1v) is 5.09. The second-order valence-electron chi connectivity index (χ2n) is 3.42.